The molecule has 0 fully saturated rings. The third kappa shape index (κ3) is 4.03. The highest BCUT2D eigenvalue weighted by Gasteiger charge is 2.25. The number of rotatable bonds is 4. The van der Waals surface area contributed by atoms with Gasteiger partial charge in [-0.25, -0.2) is 0 Å². The van der Waals surface area contributed by atoms with Crippen LogP contribution in [0.1, 0.15) is 52.9 Å². The van der Waals surface area contributed by atoms with Crippen molar-refractivity contribution >= 4 is 6.29 Å². The lowest BCUT2D eigenvalue weighted by molar-refractivity contribution is -0.115. The van der Waals surface area contributed by atoms with Crippen molar-refractivity contribution in [3.63, 3.8) is 0 Å². The van der Waals surface area contributed by atoms with Gasteiger partial charge < -0.3 is 4.79 Å². The van der Waals surface area contributed by atoms with Gasteiger partial charge in [-0.05, 0) is 46.0 Å². The highest BCUT2D eigenvalue weighted by molar-refractivity contribution is 5.59. The Balaban J connectivity index is 2.41. The summed E-state index contributed by atoms with van der Waals surface area (Å²) in [6, 6.07) is 0. The predicted octanol–water partition coefficient (Wildman–Crippen LogP) is 4.05. The topological polar surface area (TPSA) is 17.1 Å². The van der Waals surface area contributed by atoms with E-state index >= 15 is 0 Å². The SMILES string of the molecule is CC(C)=CCCC1=CCC(C)(C=O)CC1. The van der Waals surface area contributed by atoms with Gasteiger partial charge in [0.05, 0.1) is 0 Å². The number of aldehydes is 1. The Bertz CT molecular complexity index is 282. The largest absolute Gasteiger partial charge is 0.303 e. The zero-order valence-corrected chi connectivity index (χ0v) is 10.2. The molecule has 1 rings (SSSR count). The lowest BCUT2D eigenvalue weighted by atomic mass is 9.77. The third-order valence-corrected chi connectivity index (χ3v) is 3.18. The van der Waals surface area contributed by atoms with Crippen LogP contribution >= 0.6 is 0 Å². The molecular weight excluding hydrogens is 184 g/mol. The Hall–Kier alpha value is -0.850. The minimum absolute atomic E-state index is 0.0833. The minimum Gasteiger partial charge on any atom is -0.303 e. The molecule has 84 valence electrons. The summed E-state index contributed by atoms with van der Waals surface area (Å²) in [7, 11) is 0. The van der Waals surface area contributed by atoms with Crippen LogP contribution in [0, 0.1) is 5.41 Å². The first kappa shape index (κ1) is 12.2. The quantitative estimate of drug-likeness (QED) is 0.501. The highest BCUT2D eigenvalue weighted by Crippen LogP contribution is 2.34. The number of carbonyl (C=O) groups is 1. The molecule has 1 atom stereocenters. The average Bonchev–Trinajstić information content (AvgIpc) is 2.21. The van der Waals surface area contributed by atoms with E-state index in [-0.39, 0.29) is 5.41 Å². The molecular formula is C14H22O. The number of carbonyl (C=O) groups excluding carboxylic acids is 1. The van der Waals surface area contributed by atoms with E-state index in [0.717, 1.165) is 32.0 Å². The van der Waals surface area contributed by atoms with Gasteiger partial charge >= 0.3 is 0 Å². The highest BCUT2D eigenvalue weighted by atomic mass is 16.1. The van der Waals surface area contributed by atoms with Crippen LogP contribution < -0.4 is 0 Å². The van der Waals surface area contributed by atoms with Gasteiger partial charge in [0.25, 0.3) is 0 Å². The van der Waals surface area contributed by atoms with Crippen LogP contribution in [0.25, 0.3) is 0 Å². The van der Waals surface area contributed by atoms with Crippen LogP contribution in [0.15, 0.2) is 23.3 Å². The molecule has 0 aromatic rings. The smallest absolute Gasteiger partial charge is 0.126 e. The molecule has 1 aliphatic rings. The van der Waals surface area contributed by atoms with E-state index < -0.39 is 0 Å². The van der Waals surface area contributed by atoms with E-state index in [2.05, 4.69) is 32.9 Å². The third-order valence-electron chi connectivity index (χ3n) is 3.18. The molecule has 0 radical (unpaired) electrons. The fourth-order valence-corrected chi connectivity index (χ4v) is 1.91. The van der Waals surface area contributed by atoms with Gasteiger partial charge in [-0.3, -0.25) is 0 Å². The molecule has 15 heavy (non-hydrogen) atoms. The second-order valence-corrected chi connectivity index (χ2v) is 5.16. The van der Waals surface area contributed by atoms with E-state index in [9.17, 15) is 4.79 Å². The lowest BCUT2D eigenvalue weighted by Gasteiger charge is -2.27. The van der Waals surface area contributed by atoms with Crippen molar-refractivity contribution in [1.29, 1.82) is 0 Å². The summed E-state index contributed by atoms with van der Waals surface area (Å²) >= 11 is 0. The zero-order valence-electron chi connectivity index (χ0n) is 10.2. The number of hydrogen-bond donors (Lipinski definition) is 0. The van der Waals surface area contributed by atoms with E-state index in [1.165, 1.54) is 17.6 Å². The first-order chi connectivity index (χ1) is 7.06. The maximum Gasteiger partial charge on any atom is 0.126 e. The van der Waals surface area contributed by atoms with Gasteiger partial charge in [-0.2, -0.15) is 0 Å². The maximum absolute atomic E-state index is 10.9. The van der Waals surface area contributed by atoms with Crippen molar-refractivity contribution in [3.05, 3.63) is 23.3 Å². The van der Waals surface area contributed by atoms with Crippen LogP contribution in [0.5, 0.6) is 0 Å². The lowest BCUT2D eigenvalue weighted by Crippen LogP contribution is -2.20. The van der Waals surface area contributed by atoms with Crippen molar-refractivity contribution in [1.82, 2.24) is 0 Å². The van der Waals surface area contributed by atoms with Crippen molar-refractivity contribution in [2.75, 3.05) is 0 Å². The van der Waals surface area contributed by atoms with Crippen molar-refractivity contribution < 1.29 is 4.79 Å². The first-order valence-corrected chi connectivity index (χ1v) is 5.83. The van der Waals surface area contributed by atoms with E-state index in [1.54, 1.807) is 0 Å². The van der Waals surface area contributed by atoms with Crippen LogP contribution in [0.2, 0.25) is 0 Å². The van der Waals surface area contributed by atoms with Gasteiger partial charge in [0.2, 0.25) is 0 Å². The van der Waals surface area contributed by atoms with E-state index in [0.29, 0.717) is 0 Å². The monoisotopic (exact) mass is 206 g/mol. The second kappa shape index (κ2) is 5.29. The second-order valence-electron chi connectivity index (χ2n) is 5.16. The number of allylic oxidation sites excluding steroid dienone is 4. The molecule has 1 heteroatoms. The summed E-state index contributed by atoms with van der Waals surface area (Å²) in [6.07, 6.45) is 11.1. The van der Waals surface area contributed by atoms with Gasteiger partial charge in [-0.15, -0.1) is 0 Å². The maximum atomic E-state index is 10.9. The van der Waals surface area contributed by atoms with Gasteiger partial charge in [0, 0.05) is 5.41 Å². The number of hydrogen-bond acceptors (Lipinski definition) is 1. The summed E-state index contributed by atoms with van der Waals surface area (Å²) in [6.45, 7) is 6.33. The molecule has 1 aliphatic carbocycles. The molecule has 0 saturated carbocycles. The standard InChI is InChI=1S/C14H22O/c1-12(2)5-4-6-13-7-9-14(3,11-15)10-8-13/h5,7,11H,4,6,8-10H2,1-3H3. The fourth-order valence-electron chi connectivity index (χ4n) is 1.91. The zero-order chi connectivity index (χ0) is 11.3. The summed E-state index contributed by atoms with van der Waals surface area (Å²) < 4.78 is 0. The Morgan fingerprint density at radius 1 is 1.53 bits per heavy atom. The summed E-state index contributed by atoms with van der Waals surface area (Å²) in [5.41, 5.74) is 2.84. The predicted molar refractivity (Wildman–Crippen MR) is 64.8 cm³/mol. The molecule has 0 spiro atoms. The van der Waals surface area contributed by atoms with Gasteiger partial charge in [0.15, 0.2) is 0 Å². The molecule has 0 bridgehead atoms. The summed E-state index contributed by atoms with van der Waals surface area (Å²) in [5, 5.41) is 0. The van der Waals surface area contributed by atoms with Crippen LogP contribution in [0.4, 0.5) is 0 Å². The molecule has 0 N–H and O–H groups in total. The van der Waals surface area contributed by atoms with Crippen LogP contribution in [-0.4, -0.2) is 6.29 Å². The molecule has 0 heterocycles. The molecule has 0 saturated heterocycles. The Morgan fingerprint density at radius 3 is 2.73 bits per heavy atom. The molecule has 1 nitrogen and oxygen atoms in total. The normalized spacial score (nSPS) is 25.7. The molecule has 0 aromatic heterocycles. The fraction of sp³-hybridized carbons (Fsp3) is 0.643. The molecule has 0 amide bonds. The molecule has 1 unspecified atom stereocenters. The van der Waals surface area contributed by atoms with Gasteiger partial charge in [-0.1, -0.05) is 30.2 Å². The van der Waals surface area contributed by atoms with Crippen molar-refractivity contribution in [2.45, 2.75) is 52.9 Å². The Morgan fingerprint density at radius 2 is 2.27 bits per heavy atom. The summed E-state index contributed by atoms with van der Waals surface area (Å²) in [4.78, 5) is 10.9. The van der Waals surface area contributed by atoms with Crippen LogP contribution in [-0.2, 0) is 4.79 Å². The Kier molecular flexibility index (Phi) is 4.31. The average molecular weight is 206 g/mol. The van der Waals surface area contributed by atoms with Crippen molar-refractivity contribution in [3.8, 4) is 0 Å². The van der Waals surface area contributed by atoms with Crippen LogP contribution in [0.3, 0.4) is 0 Å². The first-order valence-electron chi connectivity index (χ1n) is 5.83. The van der Waals surface area contributed by atoms with E-state index in [1.807, 2.05) is 0 Å². The van der Waals surface area contributed by atoms with E-state index in [4.69, 9.17) is 0 Å². The summed E-state index contributed by atoms with van der Waals surface area (Å²) in [5.74, 6) is 0. The van der Waals surface area contributed by atoms with Gasteiger partial charge in [0.1, 0.15) is 6.29 Å². The minimum atomic E-state index is -0.0833. The Labute approximate surface area is 93.3 Å². The molecule has 0 aliphatic heterocycles. The van der Waals surface area contributed by atoms with Crippen molar-refractivity contribution in [2.24, 2.45) is 5.41 Å². The molecule has 0 aromatic carbocycles.